The van der Waals surface area contributed by atoms with Crippen LogP contribution in [-0.4, -0.2) is 55.7 Å². The largest absolute Gasteiger partial charge is 0.495 e. The smallest absolute Gasteiger partial charge is 0.316 e. The first-order valence-electron chi connectivity index (χ1n) is 11.6. The highest BCUT2D eigenvalue weighted by Gasteiger charge is 2.25. The van der Waals surface area contributed by atoms with Crippen LogP contribution in [0.2, 0.25) is 0 Å². The third kappa shape index (κ3) is 5.28. The number of pyridine rings is 1. The lowest BCUT2D eigenvalue weighted by atomic mass is 9.97. The number of aromatic nitrogens is 1. The number of rotatable bonds is 6. The predicted octanol–water partition coefficient (Wildman–Crippen LogP) is 4.56. The molecule has 0 amide bonds. The quantitative estimate of drug-likeness (QED) is 0.408. The van der Waals surface area contributed by atoms with E-state index in [2.05, 4.69) is 39.0 Å². The molecule has 3 aromatic rings. The summed E-state index contributed by atoms with van der Waals surface area (Å²) in [5.74, 6) is 1.20. The van der Waals surface area contributed by atoms with Crippen molar-refractivity contribution in [3.05, 3.63) is 60.3 Å². The molecule has 0 saturated carbocycles. The summed E-state index contributed by atoms with van der Waals surface area (Å²) in [5.41, 5.74) is 2.57. The molecular weight excluding hydrogens is 414 g/mol. The van der Waals surface area contributed by atoms with Gasteiger partial charge >= 0.3 is 5.97 Å². The summed E-state index contributed by atoms with van der Waals surface area (Å²) in [6.45, 7) is 10.5. The average Bonchev–Trinajstić information content (AvgIpc) is 2.83. The zero-order chi connectivity index (χ0) is 23.4. The number of ether oxygens (including phenoxy) is 2. The number of para-hydroxylation sites is 2. The third-order valence-electron chi connectivity index (χ3n) is 6.13. The van der Waals surface area contributed by atoms with Crippen LogP contribution in [0.5, 0.6) is 11.5 Å². The first-order valence-corrected chi connectivity index (χ1v) is 11.6. The van der Waals surface area contributed by atoms with E-state index in [0.29, 0.717) is 5.75 Å². The standard InChI is InChI=1S/C27H33N3O3/c1-27(2,3)26(31)33-24-12-11-20(21-8-7-14-28-25(21)24)13-15-29-16-18-30(19-17-29)22-9-5-6-10-23(22)32-4/h5-12,14H,13,15-19H2,1-4H3. The molecule has 4 rings (SSSR count). The van der Waals surface area contributed by atoms with Crippen molar-refractivity contribution in [1.82, 2.24) is 9.88 Å². The summed E-state index contributed by atoms with van der Waals surface area (Å²) in [6.07, 6.45) is 2.67. The fourth-order valence-corrected chi connectivity index (χ4v) is 4.14. The van der Waals surface area contributed by atoms with Crippen LogP contribution in [-0.2, 0) is 11.2 Å². The summed E-state index contributed by atoms with van der Waals surface area (Å²) >= 11 is 0. The molecular formula is C27H33N3O3. The van der Waals surface area contributed by atoms with Crippen LogP contribution in [0.4, 0.5) is 5.69 Å². The van der Waals surface area contributed by atoms with Crippen LogP contribution in [0.1, 0.15) is 26.3 Å². The van der Waals surface area contributed by atoms with Gasteiger partial charge in [-0.3, -0.25) is 14.7 Å². The number of hydrogen-bond acceptors (Lipinski definition) is 6. The number of carbonyl (C=O) groups excluding carboxylic acids is 1. The Hall–Kier alpha value is -3.12. The van der Waals surface area contributed by atoms with Crippen LogP contribution in [0, 0.1) is 5.41 Å². The summed E-state index contributed by atoms with van der Waals surface area (Å²) < 4.78 is 11.2. The minimum Gasteiger partial charge on any atom is -0.495 e. The molecule has 2 heterocycles. The molecule has 0 N–H and O–H groups in total. The van der Waals surface area contributed by atoms with Crippen molar-refractivity contribution in [1.29, 1.82) is 0 Å². The van der Waals surface area contributed by atoms with Gasteiger partial charge in [-0.2, -0.15) is 0 Å². The van der Waals surface area contributed by atoms with Gasteiger partial charge < -0.3 is 14.4 Å². The first kappa shape index (κ1) is 23.1. The number of methoxy groups -OCH3 is 1. The Kier molecular flexibility index (Phi) is 6.84. The van der Waals surface area contributed by atoms with Crippen LogP contribution >= 0.6 is 0 Å². The summed E-state index contributed by atoms with van der Waals surface area (Å²) in [5, 5.41) is 1.05. The Morgan fingerprint density at radius 2 is 1.73 bits per heavy atom. The molecule has 2 aromatic carbocycles. The van der Waals surface area contributed by atoms with Crippen molar-refractivity contribution < 1.29 is 14.3 Å². The molecule has 1 aliphatic rings. The van der Waals surface area contributed by atoms with Gasteiger partial charge in [-0.25, -0.2) is 0 Å². The topological polar surface area (TPSA) is 54.9 Å². The van der Waals surface area contributed by atoms with E-state index in [1.54, 1.807) is 13.3 Å². The lowest BCUT2D eigenvalue weighted by Gasteiger charge is -2.36. The van der Waals surface area contributed by atoms with E-state index in [9.17, 15) is 4.79 Å². The molecule has 174 valence electrons. The Balaban J connectivity index is 1.41. The van der Waals surface area contributed by atoms with Gasteiger partial charge in [-0.05, 0) is 57.0 Å². The van der Waals surface area contributed by atoms with Crippen molar-refractivity contribution in [3.63, 3.8) is 0 Å². The minimum absolute atomic E-state index is 0.255. The summed E-state index contributed by atoms with van der Waals surface area (Å²) in [4.78, 5) is 21.8. The molecule has 1 fully saturated rings. The molecule has 0 radical (unpaired) electrons. The van der Waals surface area contributed by atoms with Crippen molar-refractivity contribution >= 4 is 22.6 Å². The Labute approximate surface area is 196 Å². The monoisotopic (exact) mass is 447 g/mol. The van der Waals surface area contributed by atoms with Gasteiger partial charge in [0.05, 0.1) is 18.2 Å². The summed E-state index contributed by atoms with van der Waals surface area (Å²) in [6, 6.07) is 16.2. The normalized spacial score (nSPS) is 15.0. The summed E-state index contributed by atoms with van der Waals surface area (Å²) in [7, 11) is 1.73. The zero-order valence-electron chi connectivity index (χ0n) is 20.0. The molecule has 0 bridgehead atoms. The number of benzene rings is 2. The van der Waals surface area contributed by atoms with Gasteiger partial charge in [-0.15, -0.1) is 0 Å². The van der Waals surface area contributed by atoms with E-state index in [0.717, 1.165) is 61.5 Å². The number of carbonyl (C=O) groups is 1. The second-order valence-corrected chi connectivity index (χ2v) is 9.51. The molecule has 0 aliphatic carbocycles. The number of nitrogens with zero attached hydrogens (tertiary/aromatic N) is 3. The van der Waals surface area contributed by atoms with Gasteiger partial charge in [0.2, 0.25) is 0 Å². The lowest BCUT2D eigenvalue weighted by molar-refractivity contribution is -0.142. The zero-order valence-corrected chi connectivity index (χ0v) is 20.0. The molecule has 1 saturated heterocycles. The SMILES string of the molecule is COc1ccccc1N1CCN(CCc2ccc(OC(=O)C(C)(C)C)c3ncccc23)CC1. The van der Waals surface area contributed by atoms with E-state index in [-0.39, 0.29) is 5.97 Å². The number of esters is 1. The molecule has 6 nitrogen and oxygen atoms in total. The van der Waals surface area contributed by atoms with Gasteiger partial charge in [0.15, 0.2) is 5.75 Å². The van der Waals surface area contributed by atoms with Crippen molar-refractivity contribution in [3.8, 4) is 11.5 Å². The maximum Gasteiger partial charge on any atom is 0.316 e. The number of hydrogen-bond donors (Lipinski definition) is 0. The Morgan fingerprint density at radius 1 is 0.970 bits per heavy atom. The molecule has 6 heteroatoms. The molecule has 0 atom stereocenters. The van der Waals surface area contributed by atoms with Gasteiger partial charge in [0, 0.05) is 44.3 Å². The van der Waals surface area contributed by atoms with Crippen molar-refractivity contribution in [2.24, 2.45) is 5.41 Å². The fraction of sp³-hybridized carbons (Fsp3) is 0.407. The van der Waals surface area contributed by atoms with E-state index >= 15 is 0 Å². The van der Waals surface area contributed by atoms with E-state index in [4.69, 9.17) is 9.47 Å². The highest BCUT2D eigenvalue weighted by atomic mass is 16.5. The molecule has 1 aliphatic heterocycles. The highest BCUT2D eigenvalue weighted by molar-refractivity contribution is 5.90. The van der Waals surface area contributed by atoms with E-state index in [1.165, 1.54) is 5.56 Å². The van der Waals surface area contributed by atoms with Crippen LogP contribution in [0.3, 0.4) is 0 Å². The first-order chi connectivity index (χ1) is 15.9. The molecule has 33 heavy (non-hydrogen) atoms. The van der Waals surface area contributed by atoms with E-state index in [1.807, 2.05) is 45.0 Å². The Morgan fingerprint density at radius 3 is 2.45 bits per heavy atom. The molecule has 0 spiro atoms. The fourth-order valence-electron chi connectivity index (χ4n) is 4.14. The maximum absolute atomic E-state index is 12.4. The molecule has 0 unspecified atom stereocenters. The van der Waals surface area contributed by atoms with E-state index < -0.39 is 5.41 Å². The Bertz CT molecular complexity index is 1120. The average molecular weight is 448 g/mol. The van der Waals surface area contributed by atoms with Crippen molar-refractivity contribution in [2.45, 2.75) is 27.2 Å². The van der Waals surface area contributed by atoms with Gasteiger partial charge in [0.1, 0.15) is 11.3 Å². The third-order valence-corrected chi connectivity index (χ3v) is 6.13. The number of anilines is 1. The molecule has 1 aromatic heterocycles. The van der Waals surface area contributed by atoms with Crippen LogP contribution in [0.15, 0.2) is 54.7 Å². The number of fused-ring (bicyclic) bond motifs is 1. The number of piperazine rings is 1. The minimum atomic E-state index is -0.564. The highest BCUT2D eigenvalue weighted by Crippen LogP contribution is 2.30. The second-order valence-electron chi connectivity index (χ2n) is 9.51. The van der Waals surface area contributed by atoms with Crippen LogP contribution in [0.25, 0.3) is 10.9 Å². The van der Waals surface area contributed by atoms with Crippen molar-refractivity contribution in [2.75, 3.05) is 44.7 Å². The lowest BCUT2D eigenvalue weighted by Crippen LogP contribution is -2.47. The van der Waals surface area contributed by atoms with Crippen LogP contribution < -0.4 is 14.4 Å². The maximum atomic E-state index is 12.4. The predicted molar refractivity (Wildman–Crippen MR) is 132 cm³/mol. The van der Waals surface area contributed by atoms with Gasteiger partial charge in [0.25, 0.3) is 0 Å². The van der Waals surface area contributed by atoms with Gasteiger partial charge in [-0.1, -0.05) is 24.3 Å². The second kappa shape index (κ2) is 9.79.